The molecule has 31 heavy (non-hydrogen) atoms. The number of carbonyl (C=O) groups excluding carboxylic acids is 1. The standard InChI is InChI=1S/C23H23FN4O3/c1-14(21-25-13-17(12-20(29)30)22(27-21)28(2)3)15-6-10-19(11-7-15)26-23(31)16-4-8-18(24)9-5-16/h4-11,13-14H,12H2,1-3H3,(H,26,31)(H,29,30). The molecule has 0 aliphatic heterocycles. The van der Waals surface area contributed by atoms with Crippen molar-refractivity contribution in [1.82, 2.24) is 9.97 Å². The molecule has 2 N–H and O–H groups in total. The number of hydrogen-bond donors (Lipinski definition) is 2. The van der Waals surface area contributed by atoms with E-state index in [4.69, 9.17) is 5.11 Å². The summed E-state index contributed by atoms with van der Waals surface area (Å²) in [5, 5.41) is 11.9. The second kappa shape index (κ2) is 9.34. The molecule has 1 atom stereocenters. The average Bonchev–Trinajstić information content (AvgIpc) is 2.74. The third-order valence-corrected chi connectivity index (χ3v) is 4.79. The zero-order valence-corrected chi connectivity index (χ0v) is 17.5. The van der Waals surface area contributed by atoms with E-state index >= 15 is 0 Å². The van der Waals surface area contributed by atoms with Gasteiger partial charge in [-0.3, -0.25) is 9.59 Å². The van der Waals surface area contributed by atoms with Gasteiger partial charge in [0.15, 0.2) is 0 Å². The van der Waals surface area contributed by atoms with Crippen molar-refractivity contribution in [3.05, 3.63) is 83.1 Å². The van der Waals surface area contributed by atoms with Crippen LogP contribution in [0, 0.1) is 5.82 Å². The van der Waals surface area contributed by atoms with Crippen LogP contribution in [0.3, 0.4) is 0 Å². The number of aliphatic carboxylic acids is 1. The number of carboxylic acid groups (broad SMARTS) is 1. The molecule has 0 fully saturated rings. The minimum atomic E-state index is -0.939. The van der Waals surface area contributed by atoms with Crippen molar-refractivity contribution < 1.29 is 19.1 Å². The number of nitrogens with zero attached hydrogens (tertiary/aromatic N) is 3. The molecule has 160 valence electrons. The van der Waals surface area contributed by atoms with Crippen molar-refractivity contribution >= 4 is 23.4 Å². The Balaban J connectivity index is 1.76. The highest BCUT2D eigenvalue weighted by molar-refractivity contribution is 6.04. The molecular formula is C23H23FN4O3. The Morgan fingerprint density at radius 1 is 1.10 bits per heavy atom. The first kappa shape index (κ1) is 21.9. The lowest BCUT2D eigenvalue weighted by Crippen LogP contribution is -2.18. The first-order chi connectivity index (χ1) is 14.7. The van der Waals surface area contributed by atoms with Crippen molar-refractivity contribution in [2.45, 2.75) is 19.3 Å². The SMILES string of the molecule is CC(c1ccc(NC(=O)c2ccc(F)cc2)cc1)c1ncc(CC(=O)O)c(N(C)C)n1. The fourth-order valence-corrected chi connectivity index (χ4v) is 3.10. The van der Waals surface area contributed by atoms with Crippen molar-refractivity contribution in [1.29, 1.82) is 0 Å². The highest BCUT2D eigenvalue weighted by Gasteiger charge is 2.17. The molecule has 0 bridgehead atoms. The van der Waals surface area contributed by atoms with Crippen LogP contribution in [0.2, 0.25) is 0 Å². The van der Waals surface area contributed by atoms with E-state index < -0.39 is 11.8 Å². The quantitative estimate of drug-likeness (QED) is 0.603. The molecule has 1 unspecified atom stereocenters. The molecule has 0 saturated heterocycles. The van der Waals surface area contributed by atoms with Crippen LogP contribution >= 0.6 is 0 Å². The molecule has 2 aromatic carbocycles. The summed E-state index contributed by atoms with van der Waals surface area (Å²) in [7, 11) is 3.61. The smallest absolute Gasteiger partial charge is 0.308 e. The van der Waals surface area contributed by atoms with E-state index in [1.165, 1.54) is 24.3 Å². The number of amides is 1. The summed E-state index contributed by atoms with van der Waals surface area (Å²) in [6, 6.07) is 12.6. The highest BCUT2D eigenvalue weighted by Crippen LogP contribution is 2.26. The molecule has 8 heteroatoms. The second-order valence-corrected chi connectivity index (χ2v) is 7.35. The number of nitrogens with one attached hydrogen (secondary N) is 1. The first-order valence-electron chi connectivity index (χ1n) is 9.66. The van der Waals surface area contributed by atoms with Crippen LogP contribution in [0.4, 0.5) is 15.9 Å². The summed E-state index contributed by atoms with van der Waals surface area (Å²) >= 11 is 0. The number of hydrogen-bond acceptors (Lipinski definition) is 5. The zero-order valence-electron chi connectivity index (χ0n) is 17.5. The summed E-state index contributed by atoms with van der Waals surface area (Å²) < 4.78 is 13.0. The Bertz CT molecular complexity index is 1080. The average molecular weight is 422 g/mol. The van der Waals surface area contributed by atoms with Gasteiger partial charge in [-0.25, -0.2) is 14.4 Å². The fraction of sp³-hybridized carbons (Fsp3) is 0.217. The monoisotopic (exact) mass is 422 g/mol. The predicted octanol–water partition coefficient (Wildman–Crippen LogP) is 3.71. The zero-order chi connectivity index (χ0) is 22.5. The van der Waals surface area contributed by atoms with Gasteiger partial charge in [-0.05, 0) is 42.0 Å². The van der Waals surface area contributed by atoms with Gasteiger partial charge in [-0.2, -0.15) is 0 Å². The third kappa shape index (κ3) is 5.42. The lowest BCUT2D eigenvalue weighted by Gasteiger charge is -2.18. The fourth-order valence-electron chi connectivity index (χ4n) is 3.10. The van der Waals surface area contributed by atoms with E-state index in [-0.39, 0.29) is 18.2 Å². The Hall–Kier alpha value is -3.81. The predicted molar refractivity (Wildman–Crippen MR) is 116 cm³/mol. The van der Waals surface area contributed by atoms with Gasteiger partial charge in [0, 0.05) is 43.0 Å². The summed E-state index contributed by atoms with van der Waals surface area (Å²) in [6.07, 6.45) is 1.41. The Kier molecular flexibility index (Phi) is 6.59. The van der Waals surface area contributed by atoms with E-state index in [1.807, 2.05) is 19.1 Å². The number of rotatable bonds is 7. The minimum absolute atomic E-state index is 0.139. The summed E-state index contributed by atoms with van der Waals surface area (Å²) in [5.41, 5.74) is 2.46. The lowest BCUT2D eigenvalue weighted by molar-refractivity contribution is -0.136. The first-order valence-corrected chi connectivity index (χ1v) is 9.66. The van der Waals surface area contributed by atoms with Crippen molar-refractivity contribution in [3.63, 3.8) is 0 Å². The number of aromatic nitrogens is 2. The largest absolute Gasteiger partial charge is 0.481 e. The molecule has 0 saturated carbocycles. The number of carboxylic acids is 1. The molecule has 0 aliphatic carbocycles. The molecule has 1 aromatic heterocycles. The van der Waals surface area contributed by atoms with E-state index in [2.05, 4.69) is 15.3 Å². The van der Waals surface area contributed by atoms with Crippen LogP contribution in [0.5, 0.6) is 0 Å². The van der Waals surface area contributed by atoms with Crippen LogP contribution in [0.1, 0.15) is 40.2 Å². The van der Waals surface area contributed by atoms with Gasteiger partial charge in [0.25, 0.3) is 5.91 Å². The topological polar surface area (TPSA) is 95.4 Å². The maximum atomic E-state index is 13.0. The third-order valence-electron chi connectivity index (χ3n) is 4.79. The molecule has 7 nitrogen and oxygen atoms in total. The van der Waals surface area contributed by atoms with Crippen LogP contribution in [0.15, 0.2) is 54.7 Å². The van der Waals surface area contributed by atoms with E-state index in [0.717, 1.165) is 5.56 Å². The van der Waals surface area contributed by atoms with Crippen molar-refractivity contribution in [2.24, 2.45) is 0 Å². The molecule has 1 amide bonds. The van der Waals surface area contributed by atoms with Gasteiger partial charge in [0.1, 0.15) is 17.5 Å². The minimum Gasteiger partial charge on any atom is -0.481 e. The van der Waals surface area contributed by atoms with Crippen LogP contribution in [0.25, 0.3) is 0 Å². The maximum Gasteiger partial charge on any atom is 0.308 e. The van der Waals surface area contributed by atoms with E-state index in [9.17, 15) is 14.0 Å². The Morgan fingerprint density at radius 2 is 1.74 bits per heavy atom. The number of carbonyl (C=O) groups is 2. The van der Waals surface area contributed by atoms with Gasteiger partial charge in [0.05, 0.1) is 6.42 Å². The summed E-state index contributed by atoms with van der Waals surface area (Å²) in [4.78, 5) is 34.1. The molecule has 3 aromatic rings. The molecule has 3 rings (SSSR count). The number of anilines is 2. The van der Waals surface area contributed by atoms with Crippen LogP contribution < -0.4 is 10.2 Å². The molecule has 0 spiro atoms. The molecular weight excluding hydrogens is 399 g/mol. The normalized spacial score (nSPS) is 11.6. The highest BCUT2D eigenvalue weighted by atomic mass is 19.1. The van der Waals surface area contributed by atoms with Crippen molar-refractivity contribution in [3.8, 4) is 0 Å². The van der Waals surface area contributed by atoms with E-state index in [1.54, 1.807) is 37.3 Å². The maximum absolute atomic E-state index is 13.0. The Morgan fingerprint density at radius 3 is 2.32 bits per heavy atom. The Labute approximate surface area is 179 Å². The molecule has 0 radical (unpaired) electrons. The molecule has 0 aliphatic rings. The van der Waals surface area contributed by atoms with E-state index in [0.29, 0.717) is 28.5 Å². The van der Waals surface area contributed by atoms with Gasteiger partial charge in [-0.15, -0.1) is 0 Å². The second-order valence-electron chi connectivity index (χ2n) is 7.35. The van der Waals surface area contributed by atoms with Crippen LogP contribution in [-0.2, 0) is 11.2 Å². The van der Waals surface area contributed by atoms with Crippen LogP contribution in [-0.4, -0.2) is 41.0 Å². The summed E-state index contributed by atoms with van der Waals surface area (Å²) in [6.45, 7) is 1.96. The van der Waals surface area contributed by atoms with Gasteiger partial charge in [-0.1, -0.05) is 19.1 Å². The number of benzene rings is 2. The lowest BCUT2D eigenvalue weighted by atomic mass is 9.99. The van der Waals surface area contributed by atoms with Gasteiger partial charge < -0.3 is 15.3 Å². The van der Waals surface area contributed by atoms with Crippen molar-refractivity contribution in [2.75, 3.05) is 24.3 Å². The van der Waals surface area contributed by atoms with Gasteiger partial charge >= 0.3 is 5.97 Å². The summed E-state index contributed by atoms with van der Waals surface area (Å²) in [5.74, 6) is -0.659. The number of halogens is 1. The van der Waals surface area contributed by atoms with Gasteiger partial charge in [0.2, 0.25) is 0 Å². The molecule has 1 heterocycles.